The second-order valence-electron chi connectivity index (χ2n) is 7.90. The van der Waals surface area contributed by atoms with E-state index in [1.54, 1.807) is 21.9 Å². The summed E-state index contributed by atoms with van der Waals surface area (Å²) in [5, 5.41) is 4.25. The first-order chi connectivity index (χ1) is 15.3. The van der Waals surface area contributed by atoms with Gasteiger partial charge in [-0.2, -0.15) is 5.10 Å². The number of halogens is 1. The SMILES string of the molecule is Cc1cc(N2CCc3c(C(N)=O)nn(-c4cccc(F)c4)c3C2=O)ccc1N1CCC1=O. The summed E-state index contributed by atoms with van der Waals surface area (Å²) in [6.45, 7) is 2.92. The number of carbonyl (C=O) groups is 3. The third-order valence-corrected chi connectivity index (χ3v) is 5.94. The maximum Gasteiger partial charge on any atom is 0.277 e. The lowest BCUT2D eigenvalue weighted by Gasteiger charge is -2.33. The molecule has 162 valence electrons. The number of amides is 3. The van der Waals surface area contributed by atoms with Gasteiger partial charge in [-0.15, -0.1) is 0 Å². The molecular formula is C23H20FN5O3. The Bertz CT molecular complexity index is 1300. The Kier molecular flexibility index (Phi) is 4.54. The molecule has 32 heavy (non-hydrogen) atoms. The van der Waals surface area contributed by atoms with Gasteiger partial charge in [-0.05, 0) is 55.3 Å². The van der Waals surface area contributed by atoms with E-state index in [1.807, 2.05) is 19.1 Å². The van der Waals surface area contributed by atoms with Crippen molar-refractivity contribution in [2.45, 2.75) is 19.8 Å². The molecule has 1 saturated heterocycles. The lowest BCUT2D eigenvalue weighted by molar-refractivity contribution is -0.122. The topological polar surface area (TPSA) is 102 Å². The highest BCUT2D eigenvalue weighted by Crippen LogP contribution is 2.33. The molecule has 2 aromatic carbocycles. The molecule has 3 heterocycles. The fourth-order valence-electron chi connectivity index (χ4n) is 4.28. The molecule has 8 nitrogen and oxygen atoms in total. The van der Waals surface area contributed by atoms with Crippen LogP contribution in [0.5, 0.6) is 0 Å². The number of hydrogen-bond donors (Lipinski definition) is 1. The van der Waals surface area contributed by atoms with Crippen molar-refractivity contribution in [1.29, 1.82) is 0 Å². The zero-order chi connectivity index (χ0) is 22.6. The summed E-state index contributed by atoms with van der Waals surface area (Å²) >= 11 is 0. The van der Waals surface area contributed by atoms with Crippen molar-refractivity contribution in [2.24, 2.45) is 5.73 Å². The number of aromatic nitrogens is 2. The fourth-order valence-corrected chi connectivity index (χ4v) is 4.28. The number of fused-ring (bicyclic) bond motifs is 1. The number of primary amides is 1. The molecular weight excluding hydrogens is 413 g/mol. The largest absolute Gasteiger partial charge is 0.364 e. The number of anilines is 2. The molecule has 2 aliphatic heterocycles. The van der Waals surface area contributed by atoms with Crippen LogP contribution in [-0.4, -0.2) is 40.6 Å². The summed E-state index contributed by atoms with van der Waals surface area (Å²) in [5.74, 6) is -1.50. The van der Waals surface area contributed by atoms with E-state index in [1.165, 1.54) is 22.9 Å². The highest BCUT2D eigenvalue weighted by molar-refractivity contribution is 6.10. The molecule has 0 atom stereocenters. The normalized spacial score (nSPS) is 15.6. The number of rotatable bonds is 4. The second kappa shape index (κ2) is 7.30. The van der Waals surface area contributed by atoms with E-state index < -0.39 is 11.7 Å². The van der Waals surface area contributed by atoms with Crippen molar-refractivity contribution < 1.29 is 18.8 Å². The Morgan fingerprint density at radius 2 is 1.81 bits per heavy atom. The van der Waals surface area contributed by atoms with Crippen LogP contribution in [0.3, 0.4) is 0 Å². The van der Waals surface area contributed by atoms with Crippen LogP contribution in [0, 0.1) is 12.7 Å². The van der Waals surface area contributed by atoms with Crippen molar-refractivity contribution >= 4 is 29.1 Å². The van der Waals surface area contributed by atoms with Gasteiger partial charge >= 0.3 is 0 Å². The summed E-state index contributed by atoms with van der Waals surface area (Å²) in [7, 11) is 0. The smallest absolute Gasteiger partial charge is 0.277 e. The van der Waals surface area contributed by atoms with Gasteiger partial charge in [-0.3, -0.25) is 14.4 Å². The van der Waals surface area contributed by atoms with Gasteiger partial charge in [0.1, 0.15) is 11.5 Å². The van der Waals surface area contributed by atoms with Gasteiger partial charge < -0.3 is 15.5 Å². The Morgan fingerprint density at radius 1 is 1.03 bits per heavy atom. The first-order valence-electron chi connectivity index (χ1n) is 10.3. The van der Waals surface area contributed by atoms with Gasteiger partial charge in [0.2, 0.25) is 5.91 Å². The van der Waals surface area contributed by atoms with Gasteiger partial charge in [-0.1, -0.05) is 6.07 Å². The highest BCUT2D eigenvalue weighted by Gasteiger charge is 2.35. The average Bonchev–Trinajstić information content (AvgIpc) is 3.15. The molecule has 3 amide bonds. The Hall–Kier alpha value is -4.01. The van der Waals surface area contributed by atoms with Crippen molar-refractivity contribution in [3.63, 3.8) is 0 Å². The highest BCUT2D eigenvalue weighted by atomic mass is 19.1. The van der Waals surface area contributed by atoms with Crippen LogP contribution in [0.4, 0.5) is 15.8 Å². The standard InChI is InChI=1S/C23H20FN5O3/c1-13-11-15(5-6-18(13)28-10-8-19(28)30)27-9-7-17-20(22(25)31)26-29(21(17)23(27)32)16-4-2-3-14(24)12-16/h2-6,11-12H,7-10H2,1H3,(H2,25,31). The van der Waals surface area contributed by atoms with Crippen LogP contribution >= 0.6 is 0 Å². The van der Waals surface area contributed by atoms with E-state index in [-0.39, 0.29) is 23.2 Å². The Morgan fingerprint density at radius 3 is 2.44 bits per heavy atom. The maximum atomic E-state index is 13.8. The fraction of sp³-hybridized carbons (Fsp3) is 0.217. The molecule has 1 fully saturated rings. The van der Waals surface area contributed by atoms with Crippen molar-refractivity contribution in [2.75, 3.05) is 22.9 Å². The monoisotopic (exact) mass is 433 g/mol. The number of hydrogen-bond acceptors (Lipinski definition) is 4. The van der Waals surface area contributed by atoms with Crippen molar-refractivity contribution in [1.82, 2.24) is 9.78 Å². The van der Waals surface area contributed by atoms with E-state index in [9.17, 15) is 18.8 Å². The van der Waals surface area contributed by atoms with E-state index >= 15 is 0 Å². The molecule has 0 aliphatic carbocycles. The predicted octanol–water partition coefficient (Wildman–Crippen LogP) is 2.36. The van der Waals surface area contributed by atoms with E-state index in [2.05, 4.69) is 5.10 Å². The van der Waals surface area contributed by atoms with E-state index in [4.69, 9.17) is 5.73 Å². The molecule has 1 aromatic heterocycles. The van der Waals surface area contributed by atoms with Gasteiger partial charge in [0.05, 0.1) is 5.69 Å². The molecule has 0 saturated carbocycles. The van der Waals surface area contributed by atoms with Crippen LogP contribution in [0.25, 0.3) is 5.69 Å². The van der Waals surface area contributed by atoms with Crippen LogP contribution in [-0.2, 0) is 11.2 Å². The van der Waals surface area contributed by atoms with Crippen LogP contribution in [0.2, 0.25) is 0 Å². The number of carbonyl (C=O) groups excluding carboxylic acids is 3. The molecule has 2 aliphatic rings. The summed E-state index contributed by atoms with van der Waals surface area (Å²) in [6, 6.07) is 11.1. The lowest BCUT2D eigenvalue weighted by Crippen LogP contribution is -2.44. The molecule has 0 bridgehead atoms. The summed E-state index contributed by atoms with van der Waals surface area (Å²) in [6.07, 6.45) is 0.918. The minimum atomic E-state index is -0.739. The number of nitrogens with two attached hydrogens (primary N) is 1. The third-order valence-electron chi connectivity index (χ3n) is 5.94. The van der Waals surface area contributed by atoms with E-state index in [0.29, 0.717) is 42.9 Å². The minimum absolute atomic E-state index is 0.0140. The summed E-state index contributed by atoms with van der Waals surface area (Å²) < 4.78 is 15.1. The molecule has 9 heteroatoms. The zero-order valence-electron chi connectivity index (χ0n) is 17.3. The summed E-state index contributed by atoms with van der Waals surface area (Å²) in [5.41, 5.74) is 8.87. The Balaban J connectivity index is 1.56. The quantitative estimate of drug-likeness (QED) is 0.638. The van der Waals surface area contributed by atoms with Crippen molar-refractivity contribution in [3.05, 3.63) is 70.8 Å². The maximum absolute atomic E-state index is 13.8. The third kappa shape index (κ3) is 3.05. The number of nitrogens with zero attached hydrogens (tertiary/aromatic N) is 4. The minimum Gasteiger partial charge on any atom is -0.364 e. The average molecular weight is 433 g/mol. The van der Waals surface area contributed by atoms with Crippen LogP contribution < -0.4 is 15.5 Å². The van der Waals surface area contributed by atoms with Crippen LogP contribution in [0.15, 0.2) is 42.5 Å². The molecule has 0 radical (unpaired) electrons. The van der Waals surface area contributed by atoms with Crippen molar-refractivity contribution in [3.8, 4) is 5.69 Å². The van der Waals surface area contributed by atoms with Gasteiger partial charge in [0.15, 0.2) is 5.69 Å². The van der Waals surface area contributed by atoms with Gasteiger partial charge in [0, 0.05) is 36.4 Å². The number of benzene rings is 2. The Labute approximate surface area is 183 Å². The molecule has 0 unspecified atom stereocenters. The van der Waals surface area contributed by atoms with E-state index in [0.717, 1.165) is 11.3 Å². The van der Waals surface area contributed by atoms with Gasteiger partial charge in [0.25, 0.3) is 11.8 Å². The molecule has 5 rings (SSSR count). The second-order valence-corrected chi connectivity index (χ2v) is 7.90. The lowest BCUT2D eigenvalue weighted by atomic mass is 10.0. The molecule has 3 aromatic rings. The van der Waals surface area contributed by atoms with Crippen LogP contribution in [0.1, 0.15) is 38.5 Å². The predicted molar refractivity (Wildman–Crippen MR) is 116 cm³/mol. The molecule has 0 spiro atoms. The molecule has 2 N–H and O–H groups in total. The van der Waals surface area contributed by atoms with Gasteiger partial charge in [-0.25, -0.2) is 9.07 Å². The number of β-lactam (4-membered cyclic amide) rings is 1. The zero-order valence-corrected chi connectivity index (χ0v) is 17.3. The summed E-state index contributed by atoms with van der Waals surface area (Å²) in [4.78, 5) is 40.6. The first-order valence-corrected chi connectivity index (χ1v) is 10.3. The first kappa shape index (κ1) is 19.9. The number of aryl methyl sites for hydroxylation is 1.